The zero-order chi connectivity index (χ0) is 26.1. The first kappa shape index (κ1) is 24.9. The third-order valence-electron chi connectivity index (χ3n) is 6.70. The predicted octanol–water partition coefficient (Wildman–Crippen LogP) is 4.49. The SMILES string of the molecule is COc1cc(OC)c(-c2c3c(nc4sc(C(=O)NCc5ccccc5)c(N)c24)CCN(C)C3)cc1OC. The summed E-state index contributed by atoms with van der Waals surface area (Å²) in [6.45, 7) is 2.02. The Morgan fingerprint density at radius 1 is 1.08 bits per heavy atom. The molecule has 0 fully saturated rings. The number of aromatic nitrogens is 1. The maximum atomic E-state index is 13.3. The predicted molar refractivity (Wildman–Crippen MR) is 147 cm³/mol. The van der Waals surface area contributed by atoms with Crippen LogP contribution in [0.4, 0.5) is 5.69 Å². The van der Waals surface area contributed by atoms with Gasteiger partial charge < -0.3 is 30.2 Å². The molecule has 9 heteroatoms. The highest BCUT2D eigenvalue weighted by Gasteiger charge is 2.29. The number of benzene rings is 2. The van der Waals surface area contributed by atoms with Gasteiger partial charge >= 0.3 is 0 Å². The van der Waals surface area contributed by atoms with Gasteiger partial charge in [-0.1, -0.05) is 30.3 Å². The van der Waals surface area contributed by atoms with Crippen LogP contribution in [0.2, 0.25) is 0 Å². The fourth-order valence-electron chi connectivity index (χ4n) is 4.81. The highest BCUT2D eigenvalue weighted by Crippen LogP contribution is 2.48. The lowest BCUT2D eigenvalue weighted by atomic mass is 9.91. The second kappa shape index (κ2) is 10.3. The first-order chi connectivity index (χ1) is 17.9. The van der Waals surface area contributed by atoms with E-state index in [-0.39, 0.29) is 5.91 Å². The van der Waals surface area contributed by atoms with Crippen molar-refractivity contribution >= 4 is 33.1 Å². The van der Waals surface area contributed by atoms with E-state index >= 15 is 0 Å². The Kier molecular flexibility index (Phi) is 6.90. The molecule has 3 N–H and O–H groups in total. The van der Waals surface area contributed by atoms with Crippen LogP contribution in [0, 0.1) is 0 Å². The van der Waals surface area contributed by atoms with Crippen LogP contribution >= 0.6 is 11.3 Å². The first-order valence-electron chi connectivity index (χ1n) is 12.0. The maximum Gasteiger partial charge on any atom is 0.263 e. The molecule has 192 valence electrons. The molecular weight excluding hydrogens is 488 g/mol. The minimum atomic E-state index is -0.218. The highest BCUT2D eigenvalue weighted by molar-refractivity contribution is 7.21. The van der Waals surface area contributed by atoms with E-state index in [1.165, 1.54) is 11.3 Å². The van der Waals surface area contributed by atoms with Crippen molar-refractivity contribution in [3.8, 4) is 28.4 Å². The molecule has 8 nitrogen and oxygen atoms in total. The van der Waals surface area contributed by atoms with Gasteiger partial charge in [-0.3, -0.25) is 4.79 Å². The van der Waals surface area contributed by atoms with Crippen LogP contribution in [0.3, 0.4) is 0 Å². The van der Waals surface area contributed by atoms with Crippen molar-refractivity contribution in [2.45, 2.75) is 19.5 Å². The zero-order valence-corrected chi connectivity index (χ0v) is 22.2. The van der Waals surface area contributed by atoms with Gasteiger partial charge in [0.1, 0.15) is 15.5 Å². The summed E-state index contributed by atoms with van der Waals surface area (Å²) in [5.74, 6) is 1.56. The van der Waals surface area contributed by atoms with Gasteiger partial charge in [0.15, 0.2) is 11.5 Å². The molecule has 3 heterocycles. The number of methoxy groups -OCH3 is 3. The Morgan fingerprint density at radius 2 is 1.78 bits per heavy atom. The van der Waals surface area contributed by atoms with Gasteiger partial charge in [-0.25, -0.2) is 4.98 Å². The number of fused-ring (bicyclic) bond motifs is 2. The monoisotopic (exact) mass is 518 g/mol. The lowest BCUT2D eigenvalue weighted by Crippen LogP contribution is -2.28. The van der Waals surface area contributed by atoms with E-state index in [4.69, 9.17) is 24.9 Å². The summed E-state index contributed by atoms with van der Waals surface area (Å²) >= 11 is 1.32. The number of likely N-dealkylation sites (N-methyl/N-ethyl adjacent to an activating group) is 1. The second-order valence-electron chi connectivity index (χ2n) is 9.00. The lowest BCUT2D eigenvalue weighted by molar-refractivity contribution is 0.0956. The average molecular weight is 519 g/mol. The average Bonchev–Trinajstić information content (AvgIpc) is 3.26. The maximum absolute atomic E-state index is 13.3. The van der Waals surface area contributed by atoms with Gasteiger partial charge in [0.25, 0.3) is 5.91 Å². The van der Waals surface area contributed by atoms with Crippen LogP contribution in [-0.4, -0.2) is 50.7 Å². The van der Waals surface area contributed by atoms with Crippen molar-refractivity contribution < 1.29 is 19.0 Å². The summed E-state index contributed by atoms with van der Waals surface area (Å²) in [6, 6.07) is 13.5. The molecule has 1 aliphatic heterocycles. The number of ether oxygens (including phenoxy) is 3. The third kappa shape index (κ3) is 4.56. The number of nitrogens with one attached hydrogen (secondary N) is 1. The molecule has 2 aromatic heterocycles. The van der Waals surface area contributed by atoms with Crippen LogP contribution in [0.25, 0.3) is 21.3 Å². The zero-order valence-electron chi connectivity index (χ0n) is 21.4. The molecule has 2 aromatic carbocycles. The van der Waals surface area contributed by atoms with E-state index in [2.05, 4.69) is 17.3 Å². The van der Waals surface area contributed by atoms with Crippen molar-refractivity contribution in [2.24, 2.45) is 0 Å². The van der Waals surface area contributed by atoms with E-state index in [9.17, 15) is 4.79 Å². The lowest BCUT2D eigenvalue weighted by Gasteiger charge is -2.27. The Hall–Kier alpha value is -3.82. The molecule has 4 aromatic rings. The molecule has 0 unspecified atom stereocenters. The quantitative estimate of drug-likeness (QED) is 0.372. The Labute approximate surface area is 220 Å². The van der Waals surface area contributed by atoms with Crippen LogP contribution in [0.15, 0.2) is 42.5 Å². The first-order valence-corrected chi connectivity index (χ1v) is 12.8. The fraction of sp³-hybridized carbons (Fsp3) is 0.286. The van der Waals surface area contributed by atoms with E-state index in [0.717, 1.165) is 51.1 Å². The van der Waals surface area contributed by atoms with E-state index in [0.29, 0.717) is 40.9 Å². The minimum Gasteiger partial charge on any atom is -0.496 e. The van der Waals surface area contributed by atoms with Crippen LogP contribution in [0.5, 0.6) is 17.2 Å². The molecule has 0 bridgehead atoms. The summed E-state index contributed by atoms with van der Waals surface area (Å²) in [5, 5.41) is 3.76. The number of pyridine rings is 1. The van der Waals surface area contributed by atoms with Crippen molar-refractivity contribution in [3.63, 3.8) is 0 Å². The molecular formula is C28H30N4O4S. The van der Waals surface area contributed by atoms with Gasteiger partial charge in [-0.15, -0.1) is 11.3 Å². The number of thiophene rings is 1. The molecule has 0 saturated carbocycles. The minimum absolute atomic E-state index is 0.218. The van der Waals surface area contributed by atoms with Gasteiger partial charge in [-0.2, -0.15) is 0 Å². The molecule has 0 saturated heterocycles. The van der Waals surface area contributed by atoms with Gasteiger partial charge in [-0.05, 0) is 24.2 Å². The van der Waals surface area contributed by atoms with Crippen molar-refractivity contribution in [1.29, 1.82) is 0 Å². The van der Waals surface area contributed by atoms with Gasteiger partial charge in [0, 0.05) is 54.3 Å². The largest absolute Gasteiger partial charge is 0.496 e. The van der Waals surface area contributed by atoms with Gasteiger partial charge in [0.05, 0.1) is 27.0 Å². The Balaban J connectivity index is 1.70. The van der Waals surface area contributed by atoms with Crippen molar-refractivity contribution in [1.82, 2.24) is 15.2 Å². The van der Waals surface area contributed by atoms with E-state index < -0.39 is 0 Å². The summed E-state index contributed by atoms with van der Waals surface area (Å²) in [6.07, 6.45) is 0.803. The fourth-order valence-corrected chi connectivity index (χ4v) is 5.85. The number of nitrogens with two attached hydrogens (primary N) is 1. The molecule has 0 aliphatic carbocycles. The number of anilines is 1. The Morgan fingerprint density at radius 3 is 2.49 bits per heavy atom. The van der Waals surface area contributed by atoms with Crippen LogP contribution in [-0.2, 0) is 19.5 Å². The number of nitrogens with zero attached hydrogens (tertiary/aromatic N) is 2. The number of hydrogen-bond donors (Lipinski definition) is 2. The van der Waals surface area contributed by atoms with Crippen molar-refractivity contribution in [3.05, 3.63) is 64.2 Å². The summed E-state index contributed by atoms with van der Waals surface area (Å²) in [5.41, 5.74) is 12.0. The number of carbonyl (C=O) groups is 1. The standard InChI is InChI=1S/C28H30N4O4S/c1-32-11-10-19-18(15-32)23(17-12-21(35-3)22(36-4)13-20(17)34-2)24-25(29)26(37-28(24)31-19)27(33)30-14-16-8-6-5-7-9-16/h5-9,12-13H,10-11,14-15,29H2,1-4H3,(H,30,33). The normalized spacial score (nSPS) is 13.3. The van der Waals surface area contributed by atoms with E-state index in [1.54, 1.807) is 21.3 Å². The molecule has 0 radical (unpaired) electrons. The molecule has 0 spiro atoms. The van der Waals surface area contributed by atoms with Crippen LogP contribution < -0.4 is 25.3 Å². The number of hydrogen-bond acceptors (Lipinski definition) is 8. The van der Waals surface area contributed by atoms with Crippen molar-refractivity contribution in [2.75, 3.05) is 40.7 Å². The number of amides is 1. The topological polar surface area (TPSA) is 98.9 Å². The number of nitrogen functional groups attached to an aromatic ring is 1. The molecule has 5 rings (SSSR count). The molecule has 0 atom stereocenters. The molecule has 1 aliphatic rings. The Bertz CT molecular complexity index is 1470. The van der Waals surface area contributed by atoms with Gasteiger partial charge in [0.2, 0.25) is 0 Å². The number of carbonyl (C=O) groups excluding carboxylic acids is 1. The second-order valence-corrected chi connectivity index (χ2v) is 10.00. The molecule has 37 heavy (non-hydrogen) atoms. The highest BCUT2D eigenvalue weighted by atomic mass is 32.1. The number of rotatable bonds is 7. The summed E-state index contributed by atoms with van der Waals surface area (Å²) in [7, 11) is 6.91. The van der Waals surface area contributed by atoms with E-state index in [1.807, 2.05) is 42.5 Å². The summed E-state index contributed by atoms with van der Waals surface area (Å²) in [4.78, 5) is 21.7. The third-order valence-corrected chi connectivity index (χ3v) is 7.80. The smallest absolute Gasteiger partial charge is 0.263 e. The summed E-state index contributed by atoms with van der Waals surface area (Å²) < 4.78 is 16.9. The van der Waals surface area contributed by atoms with Crippen LogP contribution in [0.1, 0.15) is 26.5 Å². The molecule has 1 amide bonds.